The molecule has 0 spiro atoms. The zero-order valence-corrected chi connectivity index (χ0v) is 9.35. The minimum Gasteiger partial charge on any atom is -0.0732 e. The molecule has 78 valence electrons. The van der Waals surface area contributed by atoms with E-state index in [9.17, 15) is 0 Å². The van der Waals surface area contributed by atoms with E-state index in [2.05, 4.69) is 67.6 Å². The van der Waals surface area contributed by atoms with E-state index >= 15 is 0 Å². The van der Waals surface area contributed by atoms with Crippen LogP contribution in [0, 0.1) is 6.92 Å². The Kier molecular flexibility index (Phi) is 2.14. The van der Waals surface area contributed by atoms with Gasteiger partial charge in [-0.25, -0.2) is 0 Å². The fraction of sp³-hybridized carbons (Fsp3) is 0.125. The summed E-state index contributed by atoms with van der Waals surface area (Å²) in [6.07, 6.45) is 8.76. The minimum absolute atomic E-state index is 0.449. The Morgan fingerprint density at radius 1 is 0.938 bits per heavy atom. The van der Waals surface area contributed by atoms with Gasteiger partial charge >= 0.3 is 0 Å². The summed E-state index contributed by atoms with van der Waals surface area (Å²) >= 11 is 0. The molecule has 0 fully saturated rings. The first-order valence-corrected chi connectivity index (χ1v) is 5.69. The third kappa shape index (κ3) is 1.47. The number of aryl methyl sites for hydroxylation is 1. The summed E-state index contributed by atoms with van der Waals surface area (Å²) in [5.74, 6) is 0.449. The molecule has 0 radical (unpaired) electrons. The molecule has 2 aromatic carbocycles. The summed E-state index contributed by atoms with van der Waals surface area (Å²) < 4.78 is 0. The molecule has 16 heavy (non-hydrogen) atoms. The molecule has 2 aromatic rings. The van der Waals surface area contributed by atoms with E-state index < -0.39 is 0 Å². The predicted molar refractivity (Wildman–Crippen MR) is 69.7 cm³/mol. The summed E-state index contributed by atoms with van der Waals surface area (Å²) in [7, 11) is 0. The lowest BCUT2D eigenvalue weighted by atomic mass is 9.93. The van der Waals surface area contributed by atoms with E-state index in [4.69, 9.17) is 0 Å². The van der Waals surface area contributed by atoms with Gasteiger partial charge in [0.05, 0.1) is 0 Å². The highest BCUT2D eigenvalue weighted by Crippen LogP contribution is 2.30. The molecular formula is C16H14. The monoisotopic (exact) mass is 206 g/mol. The highest BCUT2D eigenvalue weighted by atomic mass is 14.1. The lowest BCUT2D eigenvalue weighted by molar-refractivity contribution is 1.12. The van der Waals surface area contributed by atoms with E-state index in [1.54, 1.807) is 0 Å². The summed E-state index contributed by atoms with van der Waals surface area (Å²) in [5, 5.41) is 2.71. The van der Waals surface area contributed by atoms with Crippen molar-refractivity contribution in [3.8, 4) is 0 Å². The number of allylic oxidation sites excluding steroid dienone is 4. The predicted octanol–water partition coefficient (Wildman–Crippen LogP) is 4.36. The summed E-state index contributed by atoms with van der Waals surface area (Å²) in [6, 6.07) is 13.2. The van der Waals surface area contributed by atoms with Crippen molar-refractivity contribution in [2.75, 3.05) is 0 Å². The van der Waals surface area contributed by atoms with Gasteiger partial charge in [0, 0.05) is 5.92 Å². The van der Waals surface area contributed by atoms with Gasteiger partial charge in [-0.3, -0.25) is 0 Å². The molecule has 1 aliphatic carbocycles. The van der Waals surface area contributed by atoms with E-state index in [-0.39, 0.29) is 0 Å². The van der Waals surface area contributed by atoms with E-state index in [0.29, 0.717) is 5.92 Å². The first-order chi connectivity index (χ1) is 7.84. The maximum atomic E-state index is 2.30. The van der Waals surface area contributed by atoms with Gasteiger partial charge in [0.2, 0.25) is 0 Å². The van der Waals surface area contributed by atoms with Crippen molar-refractivity contribution in [3.63, 3.8) is 0 Å². The van der Waals surface area contributed by atoms with Crippen LogP contribution < -0.4 is 0 Å². The number of hydrogen-bond acceptors (Lipinski definition) is 0. The summed E-state index contributed by atoms with van der Waals surface area (Å²) in [4.78, 5) is 0. The molecular weight excluding hydrogens is 192 g/mol. The van der Waals surface area contributed by atoms with Gasteiger partial charge < -0.3 is 0 Å². The van der Waals surface area contributed by atoms with Gasteiger partial charge in [0.25, 0.3) is 0 Å². The van der Waals surface area contributed by atoms with Gasteiger partial charge in [0.15, 0.2) is 0 Å². The van der Waals surface area contributed by atoms with Gasteiger partial charge in [-0.2, -0.15) is 0 Å². The average molecular weight is 206 g/mol. The van der Waals surface area contributed by atoms with Crippen molar-refractivity contribution < 1.29 is 0 Å². The smallest absolute Gasteiger partial charge is 0.0211 e. The molecule has 0 aromatic heterocycles. The molecule has 0 saturated carbocycles. The number of benzene rings is 2. The molecule has 0 saturated heterocycles. The Balaban J connectivity index is 2.29. The molecule has 0 nitrogen and oxygen atoms in total. The van der Waals surface area contributed by atoms with E-state index in [1.165, 1.54) is 21.9 Å². The van der Waals surface area contributed by atoms with Crippen molar-refractivity contribution in [1.82, 2.24) is 0 Å². The van der Waals surface area contributed by atoms with Crippen molar-refractivity contribution in [3.05, 3.63) is 71.8 Å². The second-order valence-electron chi connectivity index (χ2n) is 4.37. The molecule has 0 unspecified atom stereocenters. The summed E-state index contributed by atoms with van der Waals surface area (Å²) in [5.41, 5.74) is 2.75. The van der Waals surface area contributed by atoms with Crippen LogP contribution >= 0.6 is 0 Å². The van der Waals surface area contributed by atoms with Crippen LogP contribution in [0.25, 0.3) is 10.8 Å². The van der Waals surface area contributed by atoms with Crippen LogP contribution in [0.3, 0.4) is 0 Å². The highest BCUT2D eigenvalue weighted by Gasteiger charge is 2.11. The molecule has 1 aliphatic rings. The molecule has 0 heterocycles. The highest BCUT2D eigenvalue weighted by molar-refractivity contribution is 5.87. The quantitative estimate of drug-likeness (QED) is 0.650. The topological polar surface area (TPSA) is 0 Å². The third-order valence-corrected chi connectivity index (χ3v) is 3.15. The second-order valence-corrected chi connectivity index (χ2v) is 4.37. The Bertz CT molecular complexity index is 576. The van der Waals surface area contributed by atoms with Crippen LogP contribution in [-0.4, -0.2) is 0 Å². The minimum atomic E-state index is 0.449. The normalized spacial score (nSPS) is 15.1. The summed E-state index contributed by atoms with van der Waals surface area (Å²) in [6.45, 7) is 2.16. The van der Waals surface area contributed by atoms with Gasteiger partial charge in [-0.15, -0.1) is 0 Å². The van der Waals surface area contributed by atoms with Crippen molar-refractivity contribution >= 4 is 10.8 Å². The maximum absolute atomic E-state index is 2.30. The maximum Gasteiger partial charge on any atom is 0.0211 e. The Labute approximate surface area is 95.9 Å². The Morgan fingerprint density at radius 2 is 1.69 bits per heavy atom. The Hall–Kier alpha value is -1.82. The fourth-order valence-corrected chi connectivity index (χ4v) is 2.41. The van der Waals surface area contributed by atoms with Crippen LogP contribution in [0.2, 0.25) is 0 Å². The molecule has 3 rings (SSSR count). The molecule has 0 bridgehead atoms. The van der Waals surface area contributed by atoms with Gasteiger partial charge in [-0.05, 0) is 23.3 Å². The standard InChI is InChI=1S/C16H14/c1-12-10-14-8-4-5-9-15(14)16(11-12)13-6-2-3-7-13/h2-11,13H,1H3. The van der Waals surface area contributed by atoms with Crippen LogP contribution in [0.5, 0.6) is 0 Å². The largest absolute Gasteiger partial charge is 0.0732 e. The van der Waals surface area contributed by atoms with Gasteiger partial charge in [0.1, 0.15) is 0 Å². The Morgan fingerprint density at radius 3 is 2.50 bits per heavy atom. The second kappa shape index (κ2) is 3.64. The van der Waals surface area contributed by atoms with Crippen LogP contribution in [-0.2, 0) is 0 Å². The molecule has 0 aliphatic heterocycles. The van der Waals surface area contributed by atoms with Gasteiger partial charge in [-0.1, -0.05) is 66.3 Å². The lowest BCUT2D eigenvalue weighted by Crippen LogP contribution is -1.92. The van der Waals surface area contributed by atoms with E-state index in [1.807, 2.05) is 0 Å². The first kappa shape index (κ1) is 9.41. The van der Waals surface area contributed by atoms with Crippen molar-refractivity contribution in [1.29, 1.82) is 0 Å². The van der Waals surface area contributed by atoms with Crippen LogP contribution in [0.1, 0.15) is 17.0 Å². The SMILES string of the molecule is Cc1cc(C2C=CC=C2)c2ccccc2c1. The number of rotatable bonds is 1. The van der Waals surface area contributed by atoms with Crippen LogP contribution in [0.15, 0.2) is 60.7 Å². The van der Waals surface area contributed by atoms with E-state index in [0.717, 1.165) is 0 Å². The zero-order valence-electron chi connectivity index (χ0n) is 9.35. The molecule has 0 heteroatoms. The fourth-order valence-electron chi connectivity index (χ4n) is 2.41. The lowest BCUT2D eigenvalue weighted by Gasteiger charge is -2.11. The number of fused-ring (bicyclic) bond motifs is 1. The zero-order chi connectivity index (χ0) is 11.0. The molecule has 0 atom stereocenters. The average Bonchev–Trinajstić information content (AvgIpc) is 2.81. The number of hydrogen-bond donors (Lipinski definition) is 0. The van der Waals surface area contributed by atoms with Crippen LogP contribution in [0.4, 0.5) is 0 Å². The van der Waals surface area contributed by atoms with Crippen molar-refractivity contribution in [2.24, 2.45) is 0 Å². The van der Waals surface area contributed by atoms with Crippen molar-refractivity contribution in [2.45, 2.75) is 12.8 Å². The first-order valence-electron chi connectivity index (χ1n) is 5.69. The third-order valence-electron chi connectivity index (χ3n) is 3.15. The molecule has 0 N–H and O–H groups in total. The molecule has 0 amide bonds.